The van der Waals surface area contributed by atoms with E-state index in [4.69, 9.17) is 4.74 Å². The smallest absolute Gasteiger partial charge is 0.337 e. The number of ketones is 1. The Balaban J connectivity index is 1.02. The first-order chi connectivity index (χ1) is 20.0. The van der Waals surface area contributed by atoms with E-state index in [9.17, 15) is 9.59 Å². The summed E-state index contributed by atoms with van der Waals surface area (Å²) >= 11 is 0. The van der Waals surface area contributed by atoms with Crippen LogP contribution in [-0.4, -0.2) is 61.4 Å². The fourth-order valence-electron chi connectivity index (χ4n) is 7.29. The Morgan fingerprint density at radius 1 is 0.951 bits per heavy atom. The molecule has 0 spiro atoms. The van der Waals surface area contributed by atoms with Crippen LogP contribution in [0.3, 0.4) is 0 Å². The predicted octanol–water partition coefficient (Wildman–Crippen LogP) is 6.67. The van der Waals surface area contributed by atoms with Gasteiger partial charge in [0.05, 0.1) is 12.7 Å². The molecule has 0 saturated carbocycles. The van der Waals surface area contributed by atoms with E-state index in [1.54, 1.807) is 0 Å². The highest BCUT2D eigenvalue weighted by atomic mass is 16.5. The molecule has 0 amide bonds. The normalized spacial score (nSPS) is 24.3. The number of nitrogens with zero attached hydrogens (tertiary/aromatic N) is 2. The minimum Gasteiger partial charge on any atom is -0.465 e. The van der Waals surface area contributed by atoms with Gasteiger partial charge in [0.15, 0.2) is 0 Å². The van der Waals surface area contributed by atoms with Crippen molar-refractivity contribution >= 4 is 11.8 Å². The van der Waals surface area contributed by atoms with Gasteiger partial charge < -0.3 is 4.74 Å². The van der Waals surface area contributed by atoms with Crippen molar-refractivity contribution in [2.24, 2.45) is 17.8 Å². The van der Waals surface area contributed by atoms with E-state index < -0.39 is 0 Å². The van der Waals surface area contributed by atoms with Crippen LogP contribution in [0.25, 0.3) is 0 Å². The van der Waals surface area contributed by atoms with Crippen LogP contribution in [0.5, 0.6) is 0 Å². The van der Waals surface area contributed by atoms with Crippen molar-refractivity contribution in [2.45, 2.75) is 71.3 Å². The lowest BCUT2D eigenvalue weighted by Crippen LogP contribution is -2.35. The van der Waals surface area contributed by atoms with Crippen LogP contribution in [0.2, 0.25) is 0 Å². The Hall–Kier alpha value is -2.76. The van der Waals surface area contributed by atoms with E-state index >= 15 is 0 Å². The van der Waals surface area contributed by atoms with Crippen molar-refractivity contribution in [3.8, 4) is 0 Å². The Kier molecular flexibility index (Phi) is 10.5. The third-order valence-corrected chi connectivity index (χ3v) is 9.80. The van der Waals surface area contributed by atoms with Crippen LogP contribution in [0.4, 0.5) is 0 Å². The van der Waals surface area contributed by atoms with Crippen molar-refractivity contribution in [1.29, 1.82) is 0 Å². The quantitative estimate of drug-likeness (QED) is 0.301. The molecule has 2 unspecified atom stereocenters. The van der Waals surface area contributed by atoms with Gasteiger partial charge in [-0.1, -0.05) is 66.6 Å². The Morgan fingerprint density at radius 3 is 2.49 bits per heavy atom. The van der Waals surface area contributed by atoms with Crippen molar-refractivity contribution in [3.63, 3.8) is 0 Å². The van der Waals surface area contributed by atoms with E-state index in [0.717, 1.165) is 83.7 Å². The number of hydrogen-bond acceptors (Lipinski definition) is 5. The first-order valence-corrected chi connectivity index (χ1v) is 15.9. The van der Waals surface area contributed by atoms with Gasteiger partial charge in [0.2, 0.25) is 0 Å². The second-order valence-corrected chi connectivity index (χ2v) is 12.6. The maximum atomic E-state index is 13.3. The third-order valence-electron chi connectivity index (χ3n) is 9.80. The van der Waals surface area contributed by atoms with Gasteiger partial charge in [0, 0.05) is 38.5 Å². The van der Waals surface area contributed by atoms with E-state index in [0.29, 0.717) is 23.7 Å². The highest BCUT2D eigenvalue weighted by molar-refractivity contribution is 5.91. The number of hydrogen-bond donors (Lipinski definition) is 0. The topological polar surface area (TPSA) is 49.9 Å². The average Bonchev–Trinajstić information content (AvgIpc) is 3.21. The van der Waals surface area contributed by atoms with Crippen molar-refractivity contribution < 1.29 is 14.3 Å². The molecule has 2 atom stereocenters. The van der Waals surface area contributed by atoms with Gasteiger partial charge in [-0.2, -0.15) is 0 Å². The van der Waals surface area contributed by atoms with Crippen LogP contribution >= 0.6 is 0 Å². The van der Waals surface area contributed by atoms with Gasteiger partial charge in [-0.3, -0.25) is 14.6 Å². The first-order valence-electron chi connectivity index (χ1n) is 15.9. The lowest BCUT2D eigenvalue weighted by Gasteiger charge is -2.33. The highest BCUT2D eigenvalue weighted by Gasteiger charge is 2.31. The lowest BCUT2D eigenvalue weighted by atomic mass is 9.75. The van der Waals surface area contributed by atoms with Crippen molar-refractivity contribution in [2.75, 3.05) is 39.8 Å². The molecule has 0 N–H and O–H groups in total. The van der Waals surface area contributed by atoms with Crippen molar-refractivity contribution in [3.05, 3.63) is 82.5 Å². The number of carbonyl (C=O) groups excluding carboxylic acids is 2. The number of rotatable bonds is 10. The lowest BCUT2D eigenvalue weighted by molar-refractivity contribution is -0.135. The summed E-state index contributed by atoms with van der Waals surface area (Å²) in [5.74, 6) is 1.29. The van der Waals surface area contributed by atoms with E-state index in [1.807, 2.05) is 12.2 Å². The molecule has 2 aliphatic heterocycles. The summed E-state index contributed by atoms with van der Waals surface area (Å²) in [6.45, 7) is 8.62. The molecule has 1 aromatic rings. The number of ether oxygens (including phenoxy) is 1. The summed E-state index contributed by atoms with van der Waals surface area (Å²) in [5.41, 5.74) is 6.42. The summed E-state index contributed by atoms with van der Waals surface area (Å²) < 4.78 is 4.89. The Bertz CT molecular complexity index is 1190. The second-order valence-electron chi connectivity index (χ2n) is 12.6. The maximum absolute atomic E-state index is 13.3. The second kappa shape index (κ2) is 14.4. The third kappa shape index (κ3) is 7.96. The number of likely N-dealkylation sites (tertiary alicyclic amines) is 1. The molecule has 4 aliphatic rings. The average molecular weight is 557 g/mol. The fraction of sp³-hybridized carbons (Fsp3) is 0.556. The van der Waals surface area contributed by atoms with E-state index in [2.05, 4.69) is 59.2 Å². The molecule has 41 heavy (non-hydrogen) atoms. The molecule has 1 aromatic carbocycles. The predicted molar refractivity (Wildman–Crippen MR) is 165 cm³/mol. The number of piperidine rings is 1. The van der Waals surface area contributed by atoms with Gasteiger partial charge in [-0.25, -0.2) is 4.79 Å². The zero-order chi connectivity index (χ0) is 28.6. The molecular formula is C36H48N2O3. The number of Topliss-reactive ketones (excluding diaryl/α,β-unsaturated/α-hetero) is 1. The van der Waals surface area contributed by atoms with Gasteiger partial charge >= 0.3 is 5.97 Å². The number of benzene rings is 1. The van der Waals surface area contributed by atoms with E-state index in [1.165, 1.54) is 42.2 Å². The van der Waals surface area contributed by atoms with Crippen LogP contribution in [-0.2, 0) is 20.9 Å². The van der Waals surface area contributed by atoms with Gasteiger partial charge in [0.25, 0.3) is 0 Å². The Labute approximate surface area is 247 Å². The molecule has 2 heterocycles. The summed E-state index contributed by atoms with van der Waals surface area (Å²) in [7, 11) is 1.45. The van der Waals surface area contributed by atoms with Gasteiger partial charge in [-0.15, -0.1) is 0 Å². The van der Waals surface area contributed by atoms with Gasteiger partial charge in [-0.05, 0) is 93.5 Å². The molecule has 0 aromatic heterocycles. The number of allylic oxidation sites excluding steroid dienone is 3. The molecule has 1 saturated heterocycles. The van der Waals surface area contributed by atoms with Crippen LogP contribution < -0.4 is 0 Å². The molecular weight excluding hydrogens is 508 g/mol. The minimum atomic E-state index is -0.231. The molecule has 5 rings (SSSR count). The summed E-state index contributed by atoms with van der Waals surface area (Å²) in [6.07, 6.45) is 17.9. The van der Waals surface area contributed by atoms with Crippen LogP contribution in [0, 0.1) is 17.8 Å². The first kappa shape index (κ1) is 29.7. The zero-order valence-electron chi connectivity index (χ0n) is 25.2. The number of carbonyl (C=O) groups is 2. The van der Waals surface area contributed by atoms with Crippen LogP contribution in [0.15, 0.2) is 76.9 Å². The molecule has 220 valence electrons. The molecule has 2 aliphatic carbocycles. The Morgan fingerprint density at radius 2 is 1.71 bits per heavy atom. The van der Waals surface area contributed by atoms with Gasteiger partial charge in [0.1, 0.15) is 5.78 Å². The summed E-state index contributed by atoms with van der Waals surface area (Å²) in [6, 6.07) is 10.8. The SMILES string of the molecule is COC(=O)C1=CCCC(CN2CCC(CCCC(=O)C3C=CC4=C(CCN(Cc5ccccc5)CC4)C3C)CC2)=C1. The summed E-state index contributed by atoms with van der Waals surface area (Å²) in [5, 5.41) is 0. The minimum absolute atomic E-state index is 0.0453. The standard InChI is InChI=1S/C36H48N2O3/c1-27-33-19-23-38(25-29-8-4-3-5-9-29)22-18-31(33)14-15-34(27)35(39)13-7-10-28-16-20-37(21-17-28)26-30-11-6-12-32(24-30)36(40)41-2/h3-5,8-9,12,14-15,24,27-28,34H,6-7,10-11,13,16-23,25-26H2,1-2H3. The molecule has 5 nitrogen and oxygen atoms in total. The number of esters is 1. The van der Waals surface area contributed by atoms with E-state index in [-0.39, 0.29) is 11.9 Å². The maximum Gasteiger partial charge on any atom is 0.337 e. The number of methoxy groups -OCH3 is 1. The highest BCUT2D eigenvalue weighted by Crippen LogP contribution is 2.37. The zero-order valence-corrected chi connectivity index (χ0v) is 25.2. The van der Waals surface area contributed by atoms with Crippen LogP contribution in [0.1, 0.15) is 70.3 Å². The largest absolute Gasteiger partial charge is 0.465 e. The monoisotopic (exact) mass is 556 g/mol. The molecule has 0 bridgehead atoms. The molecule has 1 fully saturated rings. The van der Waals surface area contributed by atoms with Crippen molar-refractivity contribution in [1.82, 2.24) is 9.80 Å². The summed E-state index contributed by atoms with van der Waals surface area (Å²) in [4.78, 5) is 30.3. The molecule has 5 heteroatoms. The fourth-order valence-corrected chi connectivity index (χ4v) is 7.29. The molecule has 0 radical (unpaired) electrons.